The largest absolute Gasteiger partial charge is 0.334 e. The first kappa shape index (κ1) is 17.3. The highest BCUT2D eigenvalue weighted by molar-refractivity contribution is 5.93. The minimum Gasteiger partial charge on any atom is -0.334 e. The Morgan fingerprint density at radius 3 is 2.67 bits per heavy atom. The Bertz CT molecular complexity index is 913. The predicted molar refractivity (Wildman–Crippen MR) is 94.0 cm³/mol. The molecular weight excluding hydrogens is 349 g/mol. The molecule has 0 saturated carbocycles. The predicted octanol–water partition coefficient (Wildman–Crippen LogP) is 3.42. The fourth-order valence-corrected chi connectivity index (χ4v) is 3.28. The molecule has 1 unspecified atom stereocenters. The molecule has 0 N–H and O–H groups in total. The van der Waals surface area contributed by atoms with Gasteiger partial charge in [0.2, 0.25) is 0 Å². The van der Waals surface area contributed by atoms with Crippen LogP contribution in [0.25, 0.3) is 11.5 Å². The molecule has 0 radical (unpaired) electrons. The smallest absolute Gasteiger partial charge is 0.258 e. The van der Waals surface area contributed by atoms with Crippen molar-refractivity contribution in [3.8, 4) is 11.5 Å². The fraction of sp³-hybridized carbons (Fsp3) is 0.316. The van der Waals surface area contributed by atoms with Crippen LogP contribution < -0.4 is 0 Å². The third-order valence-electron chi connectivity index (χ3n) is 4.65. The molecule has 1 amide bonds. The summed E-state index contributed by atoms with van der Waals surface area (Å²) in [7, 11) is 0. The first-order valence-electron chi connectivity index (χ1n) is 8.88. The van der Waals surface area contributed by atoms with Gasteiger partial charge in [0.15, 0.2) is 5.82 Å². The molecule has 2 aromatic heterocycles. The maximum absolute atomic E-state index is 13.1. The van der Waals surface area contributed by atoms with Gasteiger partial charge in [0.1, 0.15) is 12.1 Å². The van der Waals surface area contributed by atoms with E-state index < -0.39 is 0 Å². The summed E-state index contributed by atoms with van der Waals surface area (Å²) in [4.78, 5) is 27.1. The van der Waals surface area contributed by atoms with Crippen LogP contribution in [0.2, 0.25) is 0 Å². The van der Waals surface area contributed by atoms with Crippen LogP contribution >= 0.6 is 0 Å². The average molecular weight is 367 g/mol. The van der Waals surface area contributed by atoms with Crippen molar-refractivity contribution in [3.63, 3.8) is 0 Å². The number of hydrogen-bond acceptors (Lipinski definition) is 6. The quantitative estimate of drug-likeness (QED) is 0.705. The maximum atomic E-state index is 13.1. The Morgan fingerprint density at radius 1 is 1.11 bits per heavy atom. The van der Waals surface area contributed by atoms with E-state index in [1.165, 1.54) is 30.9 Å². The highest BCUT2D eigenvalue weighted by Crippen LogP contribution is 2.31. The molecule has 1 saturated heterocycles. The van der Waals surface area contributed by atoms with Gasteiger partial charge < -0.3 is 9.42 Å². The Hall–Kier alpha value is -3.16. The molecule has 8 heteroatoms. The standard InChI is InChI=1S/C19H18FN5O2/c20-15-7-5-13(6-8-15)18-23-17(24-27-18)16-4-2-1-3-9-25(16)19(26)14-10-21-12-22-11-14/h5-8,10-12,16H,1-4,9H2. The second-order valence-corrected chi connectivity index (χ2v) is 6.46. The number of carbonyl (C=O) groups excluding carboxylic acids is 1. The molecule has 0 bridgehead atoms. The molecular formula is C19H18FN5O2. The molecule has 3 aromatic rings. The number of carbonyl (C=O) groups is 1. The number of rotatable bonds is 3. The normalized spacial score (nSPS) is 17.5. The second kappa shape index (κ2) is 7.61. The van der Waals surface area contributed by atoms with Crippen LogP contribution in [-0.2, 0) is 0 Å². The van der Waals surface area contributed by atoms with Crippen molar-refractivity contribution < 1.29 is 13.7 Å². The van der Waals surface area contributed by atoms with Gasteiger partial charge in [-0.05, 0) is 37.1 Å². The van der Waals surface area contributed by atoms with E-state index in [0.29, 0.717) is 29.4 Å². The molecule has 7 nitrogen and oxygen atoms in total. The number of amides is 1. The highest BCUT2D eigenvalue weighted by Gasteiger charge is 2.31. The van der Waals surface area contributed by atoms with Crippen molar-refractivity contribution in [1.29, 1.82) is 0 Å². The van der Waals surface area contributed by atoms with E-state index in [0.717, 1.165) is 25.7 Å². The van der Waals surface area contributed by atoms with Gasteiger partial charge in [-0.1, -0.05) is 18.0 Å². The van der Waals surface area contributed by atoms with Crippen LogP contribution in [0.3, 0.4) is 0 Å². The van der Waals surface area contributed by atoms with Gasteiger partial charge in [0.25, 0.3) is 11.8 Å². The van der Waals surface area contributed by atoms with E-state index in [-0.39, 0.29) is 17.8 Å². The number of likely N-dealkylation sites (tertiary alicyclic amines) is 1. The Morgan fingerprint density at radius 2 is 1.89 bits per heavy atom. The molecule has 1 atom stereocenters. The van der Waals surface area contributed by atoms with Gasteiger partial charge in [-0.3, -0.25) is 4.79 Å². The highest BCUT2D eigenvalue weighted by atomic mass is 19.1. The number of benzene rings is 1. The number of aromatic nitrogens is 4. The first-order chi connectivity index (χ1) is 13.2. The minimum absolute atomic E-state index is 0.143. The van der Waals surface area contributed by atoms with Crippen molar-refractivity contribution >= 4 is 5.91 Å². The van der Waals surface area contributed by atoms with Crippen LogP contribution in [0.1, 0.15) is 47.9 Å². The van der Waals surface area contributed by atoms with Crippen LogP contribution in [-0.4, -0.2) is 37.5 Å². The zero-order valence-electron chi connectivity index (χ0n) is 14.6. The van der Waals surface area contributed by atoms with Gasteiger partial charge in [-0.25, -0.2) is 14.4 Å². The summed E-state index contributed by atoms with van der Waals surface area (Å²) in [6.45, 7) is 0.610. The molecule has 1 fully saturated rings. The summed E-state index contributed by atoms with van der Waals surface area (Å²) in [5.74, 6) is 0.297. The summed E-state index contributed by atoms with van der Waals surface area (Å²) in [5, 5.41) is 4.10. The van der Waals surface area contributed by atoms with E-state index in [4.69, 9.17) is 4.52 Å². The summed E-state index contributed by atoms with van der Waals surface area (Å²) < 4.78 is 18.5. The second-order valence-electron chi connectivity index (χ2n) is 6.46. The lowest BCUT2D eigenvalue weighted by atomic mass is 10.1. The Balaban J connectivity index is 1.63. The third-order valence-corrected chi connectivity index (χ3v) is 4.65. The van der Waals surface area contributed by atoms with Crippen molar-refractivity contribution in [2.45, 2.75) is 31.7 Å². The summed E-state index contributed by atoms with van der Waals surface area (Å²) in [6.07, 6.45) is 8.09. The number of hydrogen-bond donors (Lipinski definition) is 0. The lowest BCUT2D eigenvalue weighted by molar-refractivity contribution is 0.0669. The van der Waals surface area contributed by atoms with E-state index in [1.807, 2.05) is 0 Å². The van der Waals surface area contributed by atoms with E-state index in [1.54, 1.807) is 17.0 Å². The number of halogens is 1. The van der Waals surface area contributed by atoms with Gasteiger partial charge in [-0.2, -0.15) is 4.98 Å². The molecule has 4 rings (SSSR count). The summed E-state index contributed by atoms with van der Waals surface area (Å²) in [6, 6.07) is 5.58. The summed E-state index contributed by atoms with van der Waals surface area (Å²) in [5.41, 5.74) is 1.07. The minimum atomic E-state index is -0.330. The van der Waals surface area contributed by atoms with Crippen molar-refractivity contribution in [1.82, 2.24) is 25.0 Å². The third kappa shape index (κ3) is 3.69. The monoisotopic (exact) mass is 367 g/mol. The Labute approximate surface area is 155 Å². The maximum Gasteiger partial charge on any atom is 0.258 e. The van der Waals surface area contributed by atoms with Gasteiger partial charge in [-0.15, -0.1) is 0 Å². The van der Waals surface area contributed by atoms with Crippen molar-refractivity contribution in [3.05, 3.63) is 60.2 Å². The SMILES string of the molecule is O=C(c1cncnc1)N1CCCCCC1c1noc(-c2ccc(F)cc2)n1. The zero-order valence-corrected chi connectivity index (χ0v) is 14.6. The van der Waals surface area contributed by atoms with Gasteiger partial charge in [0, 0.05) is 24.5 Å². The Kier molecular flexibility index (Phi) is 4.86. The molecule has 1 aliphatic rings. The molecule has 138 valence electrons. The van der Waals surface area contributed by atoms with E-state index >= 15 is 0 Å². The molecule has 1 aromatic carbocycles. The first-order valence-corrected chi connectivity index (χ1v) is 8.88. The van der Waals surface area contributed by atoms with Crippen LogP contribution in [0, 0.1) is 5.82 Å². The van der Waals surface area contributed by atoms with Crippen LogP contribution in [0.15, 0.2) is 47.5 Å². The lowest BCUT2D eigenvalue weighted by Gasteiger charge is -2.27. The fourth-order valence-electron chi connectivity index (χ4n) is 3.28. The zero-order chi connectivity index (χ0) is 18.6. The van der Waals surface area contributed by atoms with Crippen LogP contribution in [0.4, 0.5) is 4.39 Å². The molecule has 1 aliphatic heterocycles. The topological polar surface area (TPSA) is 85.0 Å². The average Bonchev–Trinajstić information content (AvgIpc) is 3.06. The number of nitrogens with zero attached hydrogens (tertiary/aromatic N) is 5. The summed E-state index contributed by atoms with van der Waals surface area (Å²) >= 11 is 0. The van der Waals surface area contributed by atoms with Gasteiger partial charge in [0.05, 0.1) is 11.6 Å². The van der Waals surface area contributed by atoms with Crippen molar-refractivity contribution in [2.75, 3.05) is 6.54 Å². The van der Waals surface area contributed by atoms with E-state index in [9.17, 15) is 9.18 Å². The molecule has 0 spiro atoms. The van der Waals surface area contributed by atoms with E-state index in [2.05, 4.69) is 20.1 Å². The lowest BCUT2D eigenvalue weighted by Crippen LogP contribution is -2.35. The molecule has 3 heterocycles. The molecule has 0 aliphatic carbocycles. The van der Waals surface area contributed by atoms with Crippen LogP contribution in [0.5, 0.6) is 0 Å². The van der Waals surface area contributed by atoms with Crippen molar-refractivity contribution in [2.24, 2.45) is 0 Å². The molecule has 27 heavy (non-hydrogen) atoms. The van der Waals surface area contributed by atoms with Gasteiger partial charge >= 0.3 is 0 Å².